The zero-order valence-corrected chi connectivity index (χ0v) is 15.5. The Labute approximate surface area is 149 Å². The van der Waals surface area contributed by atoms with Crippen molar-refractivity contribution in [2.24, 2.45) is 0 Å². The van der Waals surface area contributed by atoms with Gasteiger partial charge in [-0.1, -0.05) is 12.8 Å². The van der Waals surface area contributed by atoms with E-state index in [9.17, 15) is 13.2 Å². The molecule has 2 saturated heterocycles. The fourth-order valence-electron chi connectivity index (χ4n) is 3.66. The van der Waals surface area contributed by atoms with Gasteiger partial charge in [-0.15, -0.1) is 10.2 Å². The van der Waals surface area contributed by atoms with Crippen LogP contribution in [0.2, 0.25) is 0 Å². The number of carbonyl (C=O) groups is 1. The van der Waals surface area contributed by atoms with Crippen LogP contribution < -0.4 is 4.90 Å². The Balaban J connectivity index is 1.71. The van der Waals surface area contributed by atoms with E-state index in [-0.39, 0.29) is 23.5 Å². The van der Waals surface area contributed by atoms with Gasteiger partial charge in [0.25, 0.3) is 5.91 Å². The molecule has 1 unspecified atom stereocenters. The van der Waals surface area contributed by atoms with E-state index in [2.05, 4.69) is 10.2 Å². The van der Waals surface area contributed by atoms with Crippen molar-refractivity contribution in [2.75, 3.05) is 36.0 Å². The lowest BCUT2D eigenvalue weighted by Gasteiger charge is -2.27. The van der Waals surface area contributed by atoms with Crippen LogP contribution in [0.3, 0.4) is 0 Å². The maximum atomic E-state index is 12.6. The first kappa shape index (κ1) is 18.1. The van der Waals surface area contributed by atoms with E-state index in [4.69, 9.17) is 0 Å². The van der Waals surface area contributed by atoms with E-state index in [1.807, 2.05) is 16.7 Å². The Bertz CT molecular complexity index is 697. The molecule has 0 aromatic carbocycles. The van der Waals surface area contributed by atoms with Gasteiger partial charge in [-0.05, 0) is 38.3 Å². The molecule has 0 radical (unpaired) electrons. The van der Waals surface area contributed by atoms with E-state index >= 15 is 0 Å². The highest BCUT2D eigenvalue weighted by Gasteiger charge is 2.32. The number of aromatic nitrogens is 2. The van der Waals surface area contributed by atoms with Gasteiger partial charge in [0, 0.05) is 25.7 Å². The van der Waals surface area contributed by atoms with Crippen molar-refractivity contribution in [1.29, 1.82) is 0 Å². The van der Waals surface area contributed by atoms with Crippen molar-refractivity contribution in [3.05, 3.63) is 17.8 Å². The van der Waals surface area contributed by atoms with E-state index in [0.29, 0.717) is 24.5 Å². The molecule has 3 rings (SSSR count). The molecule has 2 fully saturated rings. The largest absolute Gasteiger partial charge is 0.351 e. The number of likely N-dealkylation sites (tertiary alicyclic amines) is 1. The van der Waals surface area contributed by atoms with Gasteiger partial charge in [-0.3, -0.25) is 4.79 Å². The number of hydrogen-bond donors (Lipinski definition) is 0. The maximum absolute atomic E-state index is 12.6. The normalized spacial score (nSPS) is 23.2. The molecule has 0 bridgehead atoms. The number of hydrogen-bond acceptors (Lipinski definition) is 6. The summed E-state index contributed by atoms with van der Waals surface area (Å²) in [4.78, 5) is 16.4. The lowest BCUT2D eigenvalue weighted by atomic mass is 10.2. The number of rotatable bonds is 4. The van der Waals surface area contributed by atoms with Crippen LogP contribution in [-0.2, 0) is 9.84 Å². The molecule has 0 N–H and O–H groups in total. The highest BCUT2D eigenvalue weighted by atomic mass is 32.2. The number of nitrogens with zero attached hydrogens (tertiary/aromatic N) is 4. The molecule has 138 valence electrons. The lowest BCUT2D eigenvalue weighted by Crippen LogP contribution is -2.37. The monoisotopic (exact) mass is 366 g/mol. The molecule has 0 spiro atoms. The quantitative estimate of drug-likeness (QED) is 0.803. The smallest absolute Gasteiger partial charge is 0.274 e. The van der Waals surface area contributed by atoms with Gasteiger partial charge < -0.3 is 9.80 Å². The molecule has 2 aliphatic heterocycles. The highest BCUT2D eigenvalue weighted by molar-refractivity contribution is 7.91. The topological polar surface area (TPSA) is 83.5 Å². The molecule has 1 aromatic rings. The third-order valence-electron chi connectivity index (χ3n) is 5.05. The van der Waals surface area contributed by atoms with Crippen LogP contribution in [0.1, 0.15) is 49.5 Å². The fraction of sp³-hybridized carbons (Fsp3) is 0.706. The van der Waals surface area contributed by atoms with Gasteiger partial charge in [-0.2, -0.15) is 0 Å². The first-order valence-corrected chi connectivity index (χ1v) is 10.9. The SMILES string of the molecule is CCN(c1ccc(C(=O)N2CCCCCC2)nn1)C1CCS(=O)(=O)C1. The van der Waals surface area contributed by atoms with Crippen molar-refractivity contribution in [3.63, 3.8) is 0 Å². The summed E-state index contributed by atoms with van der Waals surface area (Å²) in [5.74, 6) is 0.967. The minimum Gasteiger partial charge on any atom is -0.351 e. The summed E-state index contributed by atoms with van der Waals surface area (Å²) in [6.07, 6.45) is 5.04. The zero-order chi connectivity index (χ0) is 17.9. The zero-order valence-electron chi connectivity index (χ0n) is 14.7. The van der Waals surface area contributed by atoms with Crippen LogP contribution in [0, 0.1) is 0 Å². The highest BCUT2D eigenvalue weighted by Crippen LogP contribution is 2.22. The second-order valence-electron chi connectivity index (χ2n) is 6.83. The van der Waals surface area contributed by atoms with E-state index in [0.717, 1.165) is 25.9 Å². The minimum absolute atomic E-state index is 0.0588. The molecule has 0 saturated carbocycles. The molecular formula is C17H26N4O3S. The predicted molar refractivity (Wildman–Crippen MR) is 96.5 cm³/mol. The van der Waals surface area contributed by atoms with E-state index in [1.54, 1.807) is 12.1 Å². The number of anilines is 1. The summed E-state index contributed by atoms with van der Waals surface area (Å²) in [6, 6.07) is 3.44. The molecule has 0 aliphatic carbocycles. The summed E-state index contributed by atoms with van der Waals surface area (Å²) in [7, 11) is -2.95. The van der Waals surface area contributed by atoms with Gasteiger partial charge in [0.1, 0.15) is 0 Å². The Hall–Kier alpha value is -1.70. The third-order valence-corrected chi connectivity index (χ3v) is 6.80. The molecule has 7 nitrogen and oxygen atoms in total. The van der Waals surface area contributed by atoms with Crippen molar-refractivity contribution < 1.29 is 13.2 Å². The van der Waals surface area contributed by atoms with Crippen LogP contribution in [0.15, 0.2) is 12.1 Å². The third kappa shape index (κ3) is 4.29. The van der Waals surface area contributed by atoms with E-state index < -0.39 is 9.84 Å². The maximum Gasteiger partial charge on any atom is 0.274 e. The van der Waals surface area contributed by atoms with Gasteiger partial charge in [0.05, 0.1) is 11.5 Å². The molecule has 1 amide bonds. The molecule has 8 heteroatoms. The summed E-state index contributed by atoms with van der Waals surface area (Å²) in [5.41, 5.74) is 0.362. The Morgan fingerprint density at radius 1 is 1.20 bits per heavy atom. The second-order valence-corrected chi connectivity index (χ2v) is 9.05. The second kappa shape index (κ2) is 7.68. The van der Waals surface area contributed by atoms with Crippen LogP contribution >= 0.6 is 0 Å². The van der Waals surface area contributed by atoms with Gasteiger partial charge in [0.15, 0.2) is 21.3 Å². The number of carbonyl (C=O) groups excluding carboxylic acids is 1. The molecule has 3 heterocycles. The lowest BCUT2D eigenvalue weighted by molar-refractivity contribution is 0.0754. The van der Waals surface area contributed by atoms with Crippen molar-refractivity contribution in [1.82, 2.24) is 15.1 Å². The minimum atomic E-state index is -2.95. The van der Waals surface area contributed by atoms with Crippen LogP contribution in [0.5, 0.6) is 0 Å². The summed E-state index contributed by atoms with van der Waals surface area (Å²) in [5, 5.41) is 8.34. The van der Waals surface area contributed by atoms with Crippen LogP contribution in [-0.4, -0.2) is 66.6 Å². The van der Waals surface area contributed by atoms with E-state index in [1.165, 1.54) is 12.8 Å². The van der Waals surface area contributed by atoms with Crippen LogP contribution in [0.25, 0.3) is 0 Å². The fourth-order valence-corrected chi connectivity index (χ4v) is 5.39. The van der Waals surface area contributed by atoms with Crippen LogP contribution in [0.4, 0.5) is 5.82 Å². The number of sulfone groups is 1. The van der Waals surface area contributed by atoms with Gasteiger partial charge >= 0.3 is 0 Å². The first-order valence-electron chi connectivity index (χ1n) is 9.10. The van der Waals surface area contributed by atoms with Gasteiger partial charge in [-0.25, -0.2) is 8.42 Å². The predicted octanol–water partition coefficient (Wildman–Crippen LogP) is 1.51. The Morgan fingerprint density at radius 3 is 2.44 bits per heavy atom. The van der Waals surface area contributed by atoms with Crippen molar-refractivity contribution >= 4 is 21.6 Å². The average Bonchev–Trinajstić information content (AvgIpc) is 2.81. The first-order chi connectivity index (χ1) is 12.0. The van der Waals surface area contributed by atoms with Crippen molar-refractivity contribution in [2.45, 2.75) is 45.1 Å². The summed E-state index contributed by atoms with van der Waals surface area (Å²) in [6.45, 7) is 4.20. The van der Waals surface area contributed by atoms with Crippen molar-refractivity contribution in [3.8, 4) is 0 Å². The molecule has 2 aliphatic rings. The van der Waals surface area contributed by atoms with Gasteiger partial charge in [0.2, 0.25) is 0 Å². The standard InChI is InChI=1S/C17H26N4O3S/c1-2-21(14-9-12-25(23,24)13-14)16-8-7-15(18-19-16)17(22)20-10-5-3-4-6-11-20/h7-8,14H,2-6,9-13H2,1H3. The summed E-state index contributed by atoms with van der Waals surface area (Å²) >= 11 is 0. The summed E-state index contributed by atoms with van der Waals surface area (Å²) < 4.78 is 23.5. The molecular weight excluding hydrogens is 340 g/mol. The molecule has 1 aromatic heterocycles. The average molecular weight is 366 g/mol. The Kier molecular flexibility index (Phi) is 5.56. The number of amides is 1. The molecule has 1 atom stereocenters. The Morgan fingerprint density at radius 2 is 1.92 bits per heavy atom. The molecule has 25 heavy (non-hydrogen) atoms.